The summed E-state index contributed by atoms with van der Waals surface area (Å²) in [6, 6.07) is 6.54. The summed E-state index contributed by atoms with van der Waals surface area (Å²) in [5.74, 6) is 2.73. The summed E-state index contributed by atoms with van der Waals surface area (Å²) in [7, 11) is 1.96. The Morgan fingerprint density at radius 1 is 1.43 bits per heavy atom. The van der Waals surface area contributed by atoms with Crippen molar-refractivity contribution in [1.82, 2.24) is 15.5 Å². The molecule has 1 heterocycles. The second-order valence-corrected chi connectivity index (χ2v) is 5.64. The lowest BCUT2D eigenvalue weighted by atomic mass is 10.1. The van der Waals surface area contributed by atoms with Crippen LogP contribution in [0.15, 0.2) is 22.7 Å². The zero-order valence-corrected chi connectivity index (χ0v) is 12.7. The topological polar surface area (TPSA) is 60.2 Å². The largest absolute Gasteiger partial charge is 0.483 e. The van der Waals surface area contributed by atoms with E-state index in [-0.39, 0.29) is 0 Å². The van der Waals surface area contributed by atoms with Gasteiger partial charge in [0.15, 0.2) is 12.4 Å². The molecular weight excluding hydrogens is 266 g/mol. The van der Waals surface area contributed by atoms with Crippen molar-refractivity contribution in [2.24, 2.45) is 0 Å². The smallest absolute Gasteiger partial charge is 0.264 e. The molecule has 21 heavy (non-hydrogen) atoms. The monoisotopic (exact) mass is 287 g/mol. The summed E-state index contributed by atoms with van der Waals surface area (Å²) < 4.78 is 11.0. The van der Waals surface area contributed by atoms with Crippen LogP contribution >= 0.6 is 0 Å². The molecule has 0 radical (unpaired) electrons. The number of nitrogens with one attached hydrogen (secondary N) is 1. The average Bonchev–Trinajstić information content (AvgIpc) is 3.24. The molecular formula is C16H21N3O2. The third kappa shape index (κ3) is 3.24. The standard InChI is InChI=1S/C16H21N3O2/c1-10-8-13(11(2)17-3)6-7-14(10)20-9-15-18-16(19-21-15)12-4-5-12/h6-8,11-12,17H,4-5,9H2,1-3H3. The van der Waals surface area contributed by atoms with Gasteiger partial charge in [0.25, 0.3) is 5.89 Å². The molecule has 1 atom stereocenters. The first-order valence-electron chi connectivity index (χ1n) is 7.40. The van der Waals surface area contributed by atoms with E-state index in [2.05, 4.69) is 34.5 Å². The van der Waals surface area contributed by atoms with Crippen molar-refractivity contribution in [3.63, 3.8) is 0 Å². The molecule has 1 aliphatic rings. The van der Waals surface area contributed by atoms with Crippen molar-refractivity contribution < 1.29 is 9.26 Å². The third-order valence-corrected chi connectivity index (χ3v) is 3.91. The Hall–Kier alpha value is -1.88. The van der Waals surface area contributed by atoms with E-state index in [1.807, 2.05) is 20.0 Å². The van der Waals surface area contributed by atoms with Crippen LogP contribution in [0.3, 0.4) is 0 Å². The maximum atomic E-state index is 5.79. The lowest BCUT2D eigenvalue weighted by Gasteiger charge is -2.13. The molecule has 0 saturated heterocycles. The van der Waals surface area contributed by atoms with Gasteiger partial charge in [0, 0.05) is 12.0 Å². The zero-order chi connectivity index (χ0) is 14.8. The molecule has 3 rings (SSSR count). The van der Waals surface area contributed by atoms with Gasteiger partial charge >= 0.3 is 0 Å². The van der Waals surface area contributed by atoms with E-state index >= 15 is 0 Å². The van der Waals surface area contributed by atoms with Gasteiger partial charge in [0.1, 0.15) is 5.75 Å². The van der Waals surface area contributed by atoms with Crippen LogP contribution in [-0.4, -0.2) is 17.2 Å². The van der Waals surface area contributed by atoms with E-state index in [1.54, 1.807) is 0 Å². The van der Waals surface area contributed by atoms with Gasteiger partial charge in [-0.25, -0.2) is 0 Å². The summed E-state index contributed by atoms with van der Waals surface area (Å²) in [5.41, 5.74) is 2.35. The summed E-state index contributed by atoms with van der Waals surface area (Å²) in [6.45, 7) is 4.50. The Labute approximate surface area is 124 Å². The number of ether oxygens (including phenoxy) is 1. The number of benzene rings is 1. The molecule has 5 nitrogen and oxygen atoms in total. The molecule has 1 aliphatic carbocycles. The first-order chi connectivity index (χ1) is 10.2. The van der Waals surface area contributed by atoms with E-state index in [4.69, 9.17) is 9.26 Å². The van der Waals surface area contributed by atoms with Crippen LogP contribution in [0.5, 0.6) is 5.75 Å². The molecule has 1 fully saturated rings. The predicted molar refractivity (Wildman–Crippen MR) is 79.3 cm³/mol. The number of rotatable bonds is 6. The van der Waals surface area contributed by atoms with Crippen molar-refractivity contribution in [2.75, 3.05) is 7.05 Å². The van der Waals surface area contributed by atoms with E-state index in [0.29, 0.717) is 24.5 Å². The zero-order valence-electron chi connectivity index (χ0n) is 12.7. The lowest BCUT2D eigenvalue weighted by molar-refractivity contribution is 0.241. The van der Waals surface area contributed by atoms with Crippen molar-refractivity contribution in [3.8, 4) is 5.75 Å². The highest BCUT2D eigenvalue weighted by atomic mass is 16.5. The van der Waals surface area contributed by atoms with Gasteiger partial charge in [-0.05, 0) is 50.9 Å². The van der Waals surface area contributed by atoms with Crippen LogP contribution in [0.1, 0.15) is 54.6 Å². The third-order valence-electron chi connectivity index (χ3n) is 3.91. The first-order valence-corrected chi connectivity index (χ1v) is 7.40. The molecule has 1 saturated carbocycles. The average molecular weight is 287 g/mol. The fraction of sp³-hybridized carbons (Fsp3) is 0.500. The Morgan fingerprint density at radius 2 is 2.24 bits per heavy atom. The van der Waals surface area contributed by atoms with Gasteiger partial charge in [-0.3, -0.25) is 0 Å². The quantitative estimate of drug-likeness (QED) is 0.884. The van der Waals surface area contributed by atoms with Crippen LogP contribution in [0, 0.1) is 6.92 Å². The molecule has 1 aromatic carbocycles. The minimum Gasteiger partial charge on any atom is -0.483 e. The lowest BCUT2D eigenvalue weighted by Crippen LogP contribution is -2.12. The van der Waals surface area contributed by atoms with E-state index in [1.165, 1.54) is 18.4 Å². The van der Waals surface area contributed by atoms with E-state index < -0.39 is 0 Å². The summed E-state index contributed by atoms with van der Waals surface area (Å²) in [4.78, 5) is 4.36. The second-order valence-electron chi connectivity index (χ2n) is 5.64. The van der Waals surface area contributed by atoms with Crippen LogP contribution in [0.2, 0.25) is 0 Å². The maximum absolute atomic E-state index is 5.79. The molecule has 2 aromatic rings. The van der Waals surface area contributed by atoms with Crippen LogP contribution in [0.4, 0.5) is 0 Å². The second kappa shape index (κ2) is 5.85. The van der Waals surface area contributed by atoms with Gasteiger partial charge in [-0.1, -0.05) is 17.3 Å². The Balaban J connectivity index is 1.63. The summed E-state index contributed by atoms with van der Waals surface area (Å²) in [5, 5.41) is 7.22. The molecule has 0 aliphatic heterocycles. The predicted octanol–water partition coefficient (Wildman–Crippen LogP) is 3.11. The number of nitrogens with zero attached hydrogens (tertiary/aromatic N) is 2. The molecule has 1 N–H and O–H groups in total. The molecule has 112 valence electrons. The maximum Gasteiger partial charge on any atom is 0.264 e. The molecule has 5 heteroatoms. The Kier molecular flexibility index (Phi) is 3.92. The normalized spacial score (nSPS) is 16.0. The minimum atomic E-state index is 0.321. The molecule has 0 bridgehead atoms. The van der Waals surface area contributed by atoms with Gasteiger partial charge in [0.2, 0.25) is 0 Å². The Bertz CT molecular complexity index is 620. The molecule has 0 amide bonds. The highest BCUT2D eigenvalue weighted by Crippen LogP contribution is 2.38. The fourth-order valence-electron chi connectivity index (χ4n) is 2.24. The van der Waals surface area contributed by atoms with Crippen LogP contribution in [-0.2, 0) is 6.61 Å². The number of aromatic nitrogens is 2. The van der Waals surface area contributed by atoms with Crippen molar-refractivity contribution in [3.05, 3.63) is 41.0 Å². The highest BCUT2D eigenvalue weighted by molar-refractivity contribution is 5.37. The van der Waals surface area contributed by atoms with Crippen molar-refractivity contribution in [1.29, 1.82) is 0 Å². The van der Waals surface area contributed by atoms with Crippen LogP contribution in [0.25, 0.3) is 0 Å². The van der Waals surface area contributed by atoms with Crippen molar-refractivity contribution in [2.45, 2.75) is 45.3 Å². The van der Waals surface area contributed by atoms with Crippen LogP contribution < -0.4 is 10.1 Å². The Morgan fingerprint density at radius 3 is 2.90 bits per heavy atom. The molecule has 1 unspecified atom stereocenters. The summed E-state index contributed by atoms with van der Waals surface area (Å²) in [6.07, 6.45) is 2.34. The van der Waals surface area contributed by atoms with E-state index in [0.717, 1.165) is 17.1 Å². The van der Waals surface area contributed by atoms with Crippen molar-refractivity contribution >= 4 is 0 Å². The molecule has 0 spiro atoms. The van der Waals surface area contributed by atoms with Gasteiger partial charge in [0.05, 0.1) is 0 Å². The highest BCUT2D eigenvalue weighted by Gasteiger charge is 2.28. The van der Waals surface area contributed by atoms with Gasteiger partial charge in [-0.2, -0.15) is 4.98 Å². The number of hydrogen-bond donors (Lipinski definition) is 1. The van der Waals surface area contributed by atoms with Gasteiger partial charge < -0.3 is 14.6 Å². The minimum absolute atomic E-state index is 0.321. The first kappa shape index (κ1) is 14.1. The van der Waals surface area contributed by atoms with E-state index in [9.17, 15) is 0 Å². The fourth-order valence-corrected chi connectivity index (χ4v) is 2.24. The molecule has 1 aromatic heterocycles. The SMILES string of the molecule is CNC(C)c1ccc(OCc2nc(C3CC3)no2)c(C)c1. The number of hydrogen-bond acceptors (Lipinski definition) is 5. The number of aryl methyl sites for hydroxylation is 1. The summed E-state index contributed by atoms with van der Waals surface area (Å²) >= 11 is 0. The van der Waals surface area contributed by atoms with Gasteiger partial charge in [-0.15, -0.1) is 0 Å².